The zero-order valence-electron chi connectivity index (χ0n) is 20.7. The maximum Gasteiger partial charge on any atom is 0.412 e. The highest BCUT2D eigenvalue weighted by molar-refractivity contribution is 6.18. The molecule has 1 aromatic rings. The number of ether oxygens (including phenoxy) is 2. The van der Waals surface area contributed by atoms with Gasteiger partial charge in [0.05, 0.1) is 6.04 Å². The molecule has 0 spiro atoms. The van der Waals surface area contributed by atoms with Crippen molar-refractivity contribution in [3.05, 3.63) is 35.9 Å². The van der Waals surface area contributed by atoms with Gasteiger partial charge in [-0.15, -0.1) is 0 Å². The predicted molar refractivity (Wildman–Crippen MR) is 125 cm³/mol. The summed E-state index contributed by atoms with van der Waals surface area (Å²) in [7, 11) is 0. The largest absolute Gasteiger partial charge is 0.460 e. The van der Waals surface area contributed by atoms with E-state index in [1.807, 2.05) is 18.2 Å². The molecular formula is C27H37NO5. The summed E-state index contributed by atoms with van der Waals surface area (Å²) in [6.45, 7) is 11.9. The van der Waals surface area contributed by atoms with E-state index in [1.165, 1.54) is 10.5 Å². The van der Waals surface area contributed by atoms with E-state index in [1.54, 1.807) is 20.8 Å². The second-order valence-corrected chi connectivity index (χ2v) is 11.7. The zero-order chi connectivity index (χ0) is 24.2. The SMILES string of the molecule is C[C@H]1CC[C@H](C(C)(C)c2ccccc2)[C@@H](OC(=O)C23C(=O)CCC2N3C(=O)OC(C)(C)C)C1. The van der Waals surface area contributed by atoms with Crippen LogP contribution in [0.4, 0.5) is 4.79 Å². The van der Waals surface area contributed by atoms with Crippen molar-refractivity contribution >= 4 is 17.8 Å². The van der Waals surface area contributed by atoms with Gasteiger partial charge in [-0.3, -0.25) is 9.69 Å². The summed E-state index contributed by atoms with van der Waals surface area (Å²) in [6, 6.07) is 9.87. The fourth-order valence-electron chi connectivity index (χ4n) is 5.99. The molecule has 1 aliphatic heterocycles. The summed E-state index contributed by atoms with van der Waals surface area (Å²) in [5, 5.41) is 0. The molecule has 0 bridgehead atoms. The Bertz CT molecular complexity index is 934. The molecule has 1 amide bonds. The summed E-state index contributed by atoms with van der Waals surface area (Å²) in [5.41, 5.74) is -1.19. The molecule has 6 nitrogen and oxygen atoms in total. The highest BCUT2D eigenvalue weighted by Gasteiger charge is 2.79. The Balaban J connectivity index is 1.57. The number of carbonyl (C=O) groups excluding carboxylic acids is 3. The molecule has 2 unspecified atom stereocenters. The van der Waals surface area contributed by atoms with Crippen LogP contribution in [0.5, 0.6) is 0 Å². The van der Waals surface area contributed by atoms with Gasteiger partial charge >= 0.3 is 12.1 Å². The van der Waals surface area contributed by atoms with Crippen LogP contribution in [0.25, 0.3) is 0 Å². The second kappa shape index (κ2) is 8.14. The molecule has 0 radical (unpaired) electrons. The summed E-state index contributed by atoms with van der Waals surface area (Å²) in [6.07, 6.45) is 2.63. The molecule has 5 atom stereocenters. The van der Waals surface area contributed by atoms with E-state index in [9.17, 15) is 14.4 Å². The van der Waals surface area contributed by atoms with Crippen LogP contribution < -0.4 is 0 Å². The zero-order valence-corrected chi connectivity index (χ0v) is 20.7. The van der Waals surface area contributed by atoms with Crippen molar-refractivity contribution in [1.82, 2.24) is 4.90 Å². The van der Waals surface area contributed by atoms with Crippen molar-refractivity contribution in [2.24, 2.45) is 11.8 Å². The Morgan fingerprint density at radius 3 is 2.33 bits per heavy atom. The van der Waals surface area contributed by atoms with E-state index in [-0.39, 0.29) is 23.2 Å². The number of hydrogen-bond acceptors (Lipinski definition) is 5. The molecule has 180 valence electrons. The Labute approximate surface area is 197 Å². The monoisotopic (exact) mass is 455 g/mol. The van der Waals surface area contributed by atoms with Crippen molar-refractivity contribution < 1.29 is 23.9 Å². The quantitative estimate of drug-likeness (QED) is 0.362. The first-order valence-corrected chi connectivity index (χ1v) is 12.2. The van der Waals surface area contributed by atoms with E-state index in [0.717, 1.165) is 19.3 Å². The molecule has 3 fully saturated rings. The van der Waals surface area contributed by atoms with Gasteiger partial charge < -0.3 is 9.47 Å². The third-order valence-corrected chi connectivity index (χ3v) is 7.83. The second-order valence-electron chi connectivity index (χ2n) is 11.7. The minimum absolute atomic E-state index is 0.125. The summed E-state index contributed by atoms with van der Waals surface area (Å²) in [5.74, 6) is -0.251. The lowest BCUT2D eigenvalue weighted by molar-refractivity contribution is -0.162. The standard InChI is InChI=1S/C27H37NO5/c1-17-12-13-19(26(5,6)18-10-8-7-9-11-18)20(16-17)32-23(30)27-21(14-15-22(27)29)28(27)24(31)33-25(2,3)4/h7-11,17,19-21H,12-16H2,1-6H3/t17-,19-,20-,21?,27?,28?/m0/s1. The smallest absolute Gasteiger partial charge is 0.412 e. The van der Waals surface area contributed by atoms with Crippen molar-refractivity contribution in [1.29, 1.82) is 0 Å². The average Bonchev–Trinajstić information content (AvgIpc) is 3.31. The molecule has 1 heterocycles. The minimum atomic E-state index is -1.50. The first kappa shape index (κ1) is 23.8. The highest BCUT2D eigenvalue weighted by Crippen LogP contribution is 2.53. The Morgan fingerprint density at radius 1 is 1.03 bits per heavy atom. The molecule has 2 saturated carbocycles. The molecule has 1 aromatic carbocycles. The Kier molecular flexibility index (Phi) is 5.86. The maximum atomic E-state index is 13.6. The summed E-state index contributed by atoms with van der Waals surface area (Å²) >= 11 is 0. The molecule has 3 aliphatic rings. The van der Waals surface area contributed by atoms with Crippen LogP contribution in [0.3, 0.4) is 0 Å². The van der Waals surface area contributed by atoms with Crippen LogP contribution in [0, 0.1) is 11.8 Å². The number of carbonyl (C=O) groups is 3. The molecule has 0 N–H and O–H groups in total. The van der Waals surface area contributed by atoms with Gasteiger partial charge in [0.1, 0.15) is 11.7 Å². The number of amides is 1. The van der Waals surface area contributed by atoms with Crippen LogP contribution in [-0.2, 0) is 24.5 Å². The van der Waals surface area contributed by atoms with E-state index in [2.05, 4.69) is 32.9 Å². The number of Topliss-reactive ketones (excluding diaryl/α,β-unsaturated/α-hetero) is 1. The average molecular weight is 456 g/mol. The topological polar surface area (TPSA) is 72.7 Å². The van der Waals surface area contributed by atoms with Gasteiger partial charge in [-0.25, -0.2) is 9.59 Å². The van der Waals surface area contributed by atoms with Crippen molar-refractivity contribution in [2.45, 2.75) is 102 Å². The predicted octanol–water partition coefficient (Wildman–Crippen LogP) is 5.03. The normalized spacial score (nSPS) is 31.7. The van der Waals surface area contributed by atoms with Gasteiger partial charge in [0.25, 0.3) is 0 Å². The molecule has 0 aromatic heterocycles. The van der Waals surface area contributed by atoms with Crippen LogP contribution in [0.2, 0.25) is 0 Å². The number of esters is 1. The number of fused-ring (bicyclic) bond motifs is 1. The molecule has 2 aliphatic carbocycles. The molecule has 4 rings (SSSR count). The number of benzene rings is 1. The number of likely N-dealkylation sites (tertiary alicyclic amines) is 1. The molecule has 6 heteroatoms. The molecular weight excluding hydrogens is 418 g/mol. The fourth-order valence-corrected chi connectivity index (χ4v) is 5.99. The lowest BCUT2D eigenvalue weighted by atomic mass is 9.64. The number of nitrogens with zero attached hydrogens (tertiary/aromatic N) is 1. The van der Waals surface area contributed by atoms with Gasteiger partial charge in [0, 0.05) is 12.3 Å². The van der Waals surface area contributed by atoms with Gasteiger partial charge in [0.2, 0.25) is 5.54 Å². The van der Waals surface area contributed by atoms with Crippen molar-refractivity contribution in [3.63, 3.8) is 0 Å². The number of ketones is 1. The fraction of sp³-hybridized carbons (Fsp3) is 0.667. The van der Waals surface area contributed by atoms with Crippen LogP contribution >= 0.6 is 0 Å². The highest BCUT2D eigenvalue weighted by atomic mass is 16.6. The van der Waals surface area contributed by atoms with E-state index >= 15 is 0 Å². The van der Waals surface area contributed by atoms with Crippen LogP contribution in [0.1, 0.15) is 79.2 Å². The van der Waals surface area contributed by atoms with E-state index in [4.69, 9.17) is 9.47 Å². The van der Waals surface area contributed by atoms with Crippen LogP contribution in [-0.4, -0.2) is 46.0 Å². The van der Waals surface area contributed by atoms with Crippen molar-refractivity contribution in [2.75, 3.05) is 0 Å². The van der Waals surface area contributed by atoms with E-state index < -0.39 is 29.2 Å². The molecule has 33 heavy (non-hydrogen) atoms. The Morgan fingerprint density at radius 2 is 1.70 bits per heavy atom. The summed E-state index contributed by atoms with van der Waals surface area (Å²) in [4.78, 5) is 40.6. The van der Waals surface area contributed by atoms with Crippen molar-refractivity contribution in [3.8, 4) is 0 Å². The maximum absolute atomic E-state index is 13.6. The van der Waals surface area contributed by atoms with Gasteiger partial charge in [-0.1, -0.05) is 57.5 Å². The minimum Gasteiger partial charge on any atom is -0.460 e. The first-order valence-electron chi connectivity index (χ1n) is 12.2. The third kappa shape index (κ3) is 4.06. The number of piperidine rings is 1. The number of hydrogen-bond donors (Lipinski definition) is 0. The van der Waals surface area contributed by atoms with E-state index in [0.29, 0.717) is 18.8 Å². The molecule has 1 saturated heterocycles. The van der Waals surface area contributed by atoms with Gasteiger partial charge in [-0.2, -0.15) is 0 Å². The lowest BCUT2D eigenvalue weighted by Crippen LogP contribution is -2.48. The van der Waals surface area contributed by atoms with Gasteiger partial charge in [0.15, 0.2) is 5.78 Å². The van der Waals surface area contributed by atoms with Gasteiger partial charge in [-0.05, 0) is 56.9 Å². The number of rotatable bonds is 4. The summed E-state index contributed by atoms with van der Waals surface area (Å²) < 4.78 is 11.7. The first-order chi connectivity index (χ1) is 15.4. The Hall–Kier alpha value is -2.37. The third-order valence-electron chi connectivity index (χ3n) is 7.83. The van der Waals surface area contributed by atoms with Crippen LogP contribution in [0.15, 0.2) is 30.3 Å². The lowest BCUT2D eigenvalue weighted by Gasteiger charge is -2.44.